The fourth-order valence-corrected chi connectivity index (χ4v) is 1.86. The summed E-state index contributed by atoms with van der Waals surface area (Å²) in [5.74, 6) is -0.376. The largest absolute Gasteiger partial charge is 0.294 e. The lowest BCUT2D eigenvalue weighted by molar-refractivity contribution is 0.101. The van der Waals surface area contributed by atoms with Crippen molar-refractivity contribution in [2.75, 3.05) is 0 Å². The van der Waals surface area contributed by atoms with Crippen LogP contribution < -0.4 is 5.56 Å². The van der Waals surface area contributed by atoms with E-state index < -0.39 is 5.56 Å². The first-order valence-electron chi connectivity index (χ1n) is 4.71. The van der Waals surface area contributed by atoms with E-state index in [4.69, 9.17) is 11.6 Å². The molecule has 0 aliphatic carbocycles. The van der Waals surface area contributed by atoms with Gasteiger partial charge in [-0.15, -0.1) is 0 Å². The lowest BCUT2D eigenvalue weighted by atomic mass is 10.2. The van der Waals surface area contributed by atoms with Gasteiger partial charge in [0.1, 0.15) is 16.4 Å². The van der Waals surface area contributed by atoms with Gasteiger partial charge in [0.2, 0.25) is 0 Å². The molecule has 0 unspecified atom stereocenters. The molecule has 16 heavy (non-hydrogen) atoms. The SMILES string of the molecule is CC(=O)c1c(Cl)nc2c(C)cccn2c1=O. The summed E-state index contributed by atoms with van der Waals surface area (Å²) in [5, 5.41) is -0.0354. The normalized spacial score (nSPS) is 10.7. The summed E-state index contributed by atoms with van der Waals surface area (Å²) in [6.45, 7) is 3.12. The minimum absolute atomic E-state index is 0.0354. The maximum atomic E-state index is 12.0. The van der Waals surface area contributed by atoms with Gasteiger partial charge in [0.15, 0.2) is 5.78 Å². The molecule has 0 spiro atoms. The van der Waals surface area contributed by atoms with E-state index in [0.717, 1.165) is 5.56 Å². The molecule has 0 aliphatic heterocycles. The van der Waals surface area contributed by atoms with Crippen LogP contribution in [-0.2, 0) is 0 Å². The maximum absolute atomic E-state index is 12.0. The fraction of sp³-hybridized carbons (Fsp3) is 0.182. The van der Waals surface area contributed by atoms with E-state index in [-0.39, 0.29) is 16.5 Å². The number of rotatable bonds is 1. The molecule has 2 heterocycles. The smallest absolute Gasteiger partial charge is 0.270 e. The molecule has 82 valence electrons. The van der Waals surface area contributed by atoms with Crippen LogP contribution in [0, 0.1) is 6.92 Å². The summed E-state index contributed by atoms with van der Waals surface area (Å²) in [7, 11) is 0. The first kappa shape index (κ1) is 10.8. The Balaban J connectivity index is 3.01. The average Bonchev–Trinajstić information content (AvgIpc) is 2.19. The predicted octanol–water partition coefficient (Wildman–Crippen LogP) is 1.86. The highest BCUT2D eigenvalue weighted by Crippen LogP contribution is 2.13. The number of pyridine rings is 1. The van der Waals surface area contributed by atoms with Gasteiger partial charge < -0.3 is 0 Å². The second kappa shape index (κ2) is 3.72. The highest BCUT2D eigenvalue weighted by molar-refractivity contribution is 6.32. The molecule has 2 rings (SSSR count). The maximum Gasteiger partial charge on any atom is 0.270 e. The number of Topliss-reactive ketones (excluding diaryl/α,β-unsaturated/α-hetero) is 1. The number of carbonyl (C=O) groups excluding carboxylic acids is 1. The van der Waals surface area contributed by atoms with Gasteiger partial charge in [-0.3, -0.25) is 14.0 Å². The van der Waals surface area contributed by atoms with Crippen LogP contribution in [0.3, 0.4) is 0 Å². The summed E-state index contributed by atoms with van der Waals surface area (Å²) in [4.78, 5) is 27.3. The topological polar surface area (TPSA) is 51.4 Å². The Morgan fingerprint density at radius 2 is 2.19 bits per heavy atom. The molecule has 0 saturated heterocycles. The summed E-state index contributed by atoms with van der Waals surface area (Å²) in [6, 6.07) is 3.55. The summed E-state index contributed by atoms with van der Waals surface area (Å²) < 4.78 is 1.33. The lowest BCUT2D eigenvalue weighted by Crippen LogP contribution is -2.23. The van der Waals surface area contributed by atoms with Gasteiger partial charge in [-0.2, -0.15) is 0 Å². The van der Waals surface area contributed by atoms with Crippen molar-refractivity contribution in [1.29, 1.82) is 0 Å². The zero-order valence-corrected chi connectivity index (χ0v) is 9.58. The third kappa shape index (κ3) is 1.51. The summed E-state index contributed by atoms with van der Waals surface area (Å²) in [6.07, 6.45) is 1.57. The van der Waals surface area contributed by atoms with Gasteiger partial charge in [0, 0.05) is 6.20 Å². The molecule has 0 aliphatic rings. The van der Waals surface area contributed by atoms with Crippen LogP contribution in [-0.4, -0.2) is 15.2 Å². The third-order valence-electron chi connectivity index (χ3n) is 2.36. The van der Waals surface area contributed by atoms with E-state index in [1.54, 1.807) is 12.3 Å². The van der Waals surface area contributed by atoms with Crippen LogP contribution in [0.25, 0.3) is 5.65 Å². The van der Waals surface area contributed by atoms with Crippen LogP contribution in [0.5, 0.6) is 0 Å². The number of nitrogens with zero attached hydrogens (tertiary/aromatic N) is 2. The van der Waals surface area contributed by atoms with Crippen molar-refractivity contribution >= 4 is 23.0 Å². The molecular weight excluding hydrogens is 228 g/mol. The van der Waals surface area contributed by atoms with Crippen molar-refractivity contribution in [3.05, 3.63) is 45.0 Å². The van der Waals surface area contributed by atoms with Crippen molar-refractivity contribution in [1.82, 2.24) is 9.38 Å². The molecule has 0 radical (unpaired) electrons. The van der Waals surface area contributed by atoms with E-state index in [0.29, 0.717) is 5.65 Å². The quantitative estimate of drug-likeness (QED) is 0.561. The highest BCUT2D eigenvalue weighted by atomic mass is 35.5. The number of ketones is 1. The Bertz CT molecular complexity index is 646. The molecule has 0 atom stereocenters. The van der Waals surface area contributed by atoms with E-state index in [1.165, 1.54) is 11.3 Å². The molecule has 4 nitrogen and oxygen atoms in total. The second-order valence-electron chi connectivity index (χ2n) is 3.52. The minimum atomic E-state index is -0.425. The molecule has 0 N–H and O–H groups in total. The molecule has 5 heteroatoms. The average molecular weight is 237 g/mol. The van der Waals surface area contributed by atoms with E-state index >= 15 is 0 Å². The molecule has 2 aromatic rings. The Hall–Kier alpha value is -1.68. The van der Waals surface area contributed by atoms with Crippen molar-refractivity contribution in [2.24, 2.45) is 0 Å². The monoisotopic (exact) mass is 236 g/mol. The van der Waals surface area contributed by atoms with Crippen LogP contribution in [0.4, 0.5) is 0 Å². The summed E-state index contributed by atoms with van der Waals surface area (Å²) in [5.41, 5.74) is 0.815. The van der Waals surface area contributed by atoms with E-state index in [1.807, 2.05) is 13.0 Å². The predicted molar refractivity (Wildman–Crippen MR) is 61.2 cm³/mol. The Morgan fingerprint density at radius 3 is 2.81 bits per heavy atom. The van der Waals surface area contributed by atoms with Gasteiger partial charge in [-0.05, 0) is 25.5 Å². The van der Waals surface area contributed by atoms with Crippen molar-refractivity contribution < 1.29 is 4.79 Å². The van der Waals surface area contributed by atoms with Gasteiger partial charge in [0.05, 0.1) is 0 Å². The summed E-state index contributed by atoms with van der Waals surface area (Å²) >= 11 is 5.83. The first-order valence-corrected chi connectivity index (χ1v) is 5.08. The minimum Gasteiger partial charge on any atom is -0.294 e. The van der Waals surface area contributed by atoms with Crippen LogP contribution in [0.15, 0.2) is 23.1 Å². The fourth-order valence-electron chi connectivity index (χ4n) is 1.57. The number of fused-ring (bicyclic) bond motifs is 1. The van der Waals surface area contributed by atoms with Gasteiger partial charge in [-0.25, -0.2) is 4.98 Å². The second-order valence-corrected chi connectivity index (χ2v) is 3.88. The number of hydrogen-bond donors (Lipinski definition) is 0. The van der Waals surface area contributed by atoms with Crippen molar-refractivity contribution in [2.45, 2.75) is 13.8 Å². The van der Waals surface area contributed by atoms with E-state index in [2.05, 4.69) is 4.98 Å². The van der Waals surface area contributed by atoms with Gasteiger partial charge in [0.25, 0.3) is 5.56 Å². The Kier molecular flexibility index (Phi) is 2.52. The molecule has 0 amide bonds. The number of hydrogen-bond acceptors (Lipinski definition) is 3. The third-order valence-corrected chi connectivity index (χ3v) is 2.63. The molecule has 0 fully saturated rings. The number of halogens is 1. The number of aryl methyl sites for hydroxylation is 1. The standard InChI is InChI=1S/C11H9ClN2O2/c1-6-4-3-5-14-10(6)13-9(12)8(7(2)15)11(14)16/h3-5H,1-2H3. The van der Waals surface area contributed by atoms with Crippen LogP contribution in [0.2, 0.25) is 5.15 Å². The lowest BCUT2D eigenvalue weighted by Gasteiger charge is -2.05. The molecule has 2 aromatic heterocycles. The van der Waals surface area contributed by atoms with E-state index in [9.17, 15) is 9.59 Å². The molecule has 0 aromatic carbocycles. The molecule has 0 bridgehead atoms. The number of aromatic nitrogens is 2. The molecule has 0 saturated carbocycles. The van der Waals surface area contributed by atoms with Crippen LogP contribution in [0.1, 0.15) is 22.8 Å². The first-order chi connectivity index (χ1) is 7.52. The number of carbonyl (C=O) groups is 1. The zero-order chi connectivity index (χ0) is 11.9. The van der Waals surface area contributed by atoms with Gasteiger partial charge >= 0.3 is 0 Å². The van der Waals surface area contributed by atoms with Crippen molar-refractivity contribution in [3.8, 4) is 0 Å². The zero-order valence-electron chi connectivity index (χ0n) is 8.82. The Labute approximate surface area is 96.5 Å². The van der Waals surface area contributed by atoms with Gasteiger partial charge in [-0.1, -0.05) is 17.7 Å². The molecular formula is C11H9ClN2O2. The van der Waals surface area contributed by atoms with Crippen LogP contribution >= 0.6 is 11.6 Å². The Morgan fingerprint density at radius 1 is 1.50 bits per heavy atom. The highest BCUT2D eigenvalue weighted by Gasteiger charge is 2.15. The van der Waals surface area contributed by atoms with Crippen molar-refractivity contribution in [3.63, 3.8) is 0 Å².